The Kier molecular flexibility index (Phi) is 10.9. The fourth-order valence-corrected chi connectivity index (χ4v) is 8.42. The van der Waals surface area contributed by atoms with Crippen molar-refractivity contribution < 1.29 is 36.6 Å². The van der Waals surface area contributed by atoms with E-state index in [1.807, 2.05) is 0 Å². The smallest absolute Gasteiger partial charge is 0.262 e. The summed E-state index contributed by atoms with van der Waals surface area (Å²) < 4.78 is 63.2. The van der Waals surface area contributed by atoms with Crippen molar-refractivity contribution in [2.75, 3.05) is 33.4 Å². The van der Waals surface area contributed by atoms with Gasteiger partial charge >= 0.3 is 0 Å². The van der Waals surface area contributed by atoms with Crippen LogP contribution in [0.25, 0.3) is 0 Å². The maximum Gasteiger partial charge on any atom is 0.262 e. The van der Waals surface area contributed by atoms with Crippen molar-refractivity contribution >= 4 is 21.7 Å². The van der Waals surface area contributed by atoms with Crippen LogP contribution in [0.2, 0.25) is 0 Å². The number of ketones is 1. The number of carbonyl (C=O) groups is 2. The molecule has 1 amide bonds. The fraction of sp³-hybridized carbons (Fsp3) is 0.500. The minimum Gasteiger partial charge on any atom is -0.392 e. The van der Waals surface area contributed by atoms with Crippen molar-refractivity contribution in [2.45, 2.75) is 62.6 Å². The van der Waals surface area contributed by atoms with Gasteiger partial charge in [0.1, 0.15) is 11.6 Å². The number of halogens is 2. The molecule has 3 aromatic rings. The zero-order valence-corrected chi connectivity index (χ0v) is 27.8. The Balaban J connectivity index is 1.39. The van der Waals surface area contributed by atoms with E-state index in [1.54, 1.807) is 44.2 Å². The molecule has 2 aliphatic rings. The van der Waals surface area contributed by atoms with Gasteiger partial charge in [0.2, 0.25) is 0 Å². The van der Waals surface area contributed by atoms with Crippen molar-refractivity contribution in [1.82, 2.24) is 18.8 Å². The first-order chi connectivity index (χ1) is 22.3. The number of aliphatic hydroxyl groups excluding tert-OH is 1. The van der Waals surface area contributed by atoms with Gasteiger partial charge in [-0.05, 0) is 92.3 Å². The van der Waals surface area contributed by atoms with E-state index in [4.69, 9.17) is 4.74 Å². The molecule has 5 rings (SSSR count). The number of methoxy groups -OCH3 is 1. The molecule has 4 atom stereocenters. The van der Waals surface area contributed by atoms with E-state index in [-0.39, 0.29) is 54.3 Å². The molecule has 1 N–H and O–H groups in total. The van der Waals surface area contributed by atoms with Gasteiger partial charge in [-0.1, -0.05) is 0 Å². The molecule has 0 radical (unpaired) electrons. The van der Waals surface area contributed by atoms with Gasteiger partial charge in [-0.15, -0.1) is 0 Å². The number of hydrogen-bond acceptors (Lipinski definition) is 7. The minimum atomic E-state index is -3.92. The van der Waals surface area contributed by atoms with E-state index in [9.17, 15) is 31.9 Å². The largest absolute Gasteiger partial charge is 0.392 e. The number of benzene rings is 2. The summed E-state index contributed by atoms with van der Waals surface area (Å²) in [5.74, 6) is -3.42. The molecule has 0 bridgehead atoms. The lowest BCUT2D eigenvalue weighted by Gasteiger charge is -2.37. The van der Waals surface area contributed by atoms with Crippen LogP contribution in [0.4, 0.5) is 8.78 Å². The average molecular weight is 673 g/mol. The van der Waals surface area contributed by atoms with Gasteiger partial charge in [0.15, 0.2) is 10.8 Å². The molecule has 254 valence electrons. The third kappa shape index (κ3) is 8.14. The SMILES string of the molecule is COC[C@H]1CCCN1C(=O)c1cc(C)cc(C(=O)C[C@@H](Cc2cc(F)cc(F)c2)[C@H](O)[C@@H]2CCCN(S(=O)(=O)c3cn(C)cn3)C2)c1. The molecule has 2 fully saturated rings. The van der Waals surface area contributed by atoms with Crippen LogP contribution in [-0.2, 0) is 28.2 Å². The van der Waals surface area contributed by atoms with Crippen LogP contribution >= 0.6 is 0 Å². The summed E-state index contributed by atoms with van der Waals surface area (Å²) in [6.07, 6.45) is 4.11. The van der Waals surface area contributed by atoms with Crippen molar-refractivity contribution in [1.29, 1.82) is 0 Å². The second kappa shape index (κ2) is 14.7. The summed E-state index contributed by atoms with van der Waals surface area (Å²) in [6, 6.07) is 8.03. The maximum atomic E-state index is 14.2. The second-order valence-corrected chi connectivity index (χ2v) is 14.7. The lowest BCUT2D eigenvalue weighted by atomic mass is 9.79. The highest BCUT2D eigenvalue weighted by atomic mass is 32.2. The lowest BCUT2D eigenvalue weighted by molar-refractivity contribution is 0.0231. The Bertz CT molecular complexity index is 1690. The van der Waals surface area contributed by atoms with E-state index in [2.05, 4.69) is 4.98 Å². The first kappa shape index (κ1) is 34.8. The van der Waals surface area contributed by atoms with E-state index in [1.165, 1.54) is 33.5 Å². The standard InChI is InChI=1S/C34H42F2N4O6S/c1-22-10-25(15-27(11-22)34(43)40-9-5-7-30(40)20-46-3)31(41)16-26(12-23-13-28(35)17-29(36)14-23)33(42)24-6-4-8-39(18-24)47(44,45)32-19-38(2)21-37-32/h10-11,13-15,17,19,21,24,26,30,33,42H,4-9,12,16,18,20H2,1-3H3/t24-,26-,30-,33-/m1/s1. The molecule has 0 saturated carbocycles. The van der Waals surface area contributed by atoms with Crippen molar-refractivity contribution in [3.8, 4) is 0 Å². The van der Waals surface area contributed by atoms with Crippen molar-refractivity contribution in [3.05, 3.63) is 82.8 Å². The van der Waals surface area contributed by atoms with E-state index in [0.717, 1.165) is 18.9 Å². The highest BCUT2D eigenvalue weighted by molar-refractivity contribution is 7.89. The molecule has 47 heavy (non-hydrogen) atoms. The Morgan fingerprint density at radius 1 is 1.04 bits per heavy atom. The van der Waals surface area contributed by atoms with E-state index in [0.29, 0.717) is 42.7 Å². The van der Waals surface area contributed by atoms with Gasteiger partial charge in [0.25, 0.3) is 15.9 Å². The van der Waals surface area contributed by atoms with Crippen LogP contribution in [0, 0.1) is 30.4 Å². The molecule has 2 saturated heterocycles. The van der Waals surface area contributed by atoms with Gasteiger partial charge in [0, 0.05) is 63.6 Å². The third-order valence-electron chi connectivity index (χ3n) is 9.18. The monoisotopic (exact) mass is 672 g/mol. The van der Waals surface area contributed by atoms with Crippen LogP contribution in [-0.4, -0.2) is 89.5 Å². The van der Waals surface area contributed by atoms with Gasteiger partial charge in [-0.25, -0.2) is 22.2 Å². The quantitative estimate of drug-likeness (QED) is 0.287. The van der Waals surface area contributed by atoms with Crippen LogP contribution in [0.5, 0.6) is 0 Å². The number of aromatic nitrogens is 2. The number of hydrogen-bond donors (Lipinski definition) is 1. The topological polar surface area (TPSA) is 122 Å². The number of rotatable bonds is 12. The molecule has 10 nitrogen and oxygen atoms in total. The van der Waals surface area contributed by atoms with Gasteiger partial charge in [0.05, 0.1) is 25.1 Å². The molecular weight excluding hydrogens is 630 g/mol. The molecule has 2 aromatic carbocycles. The number of aliphatic hydroxyl groups is 1. The number of nitrogens with zero attached hydrogens (tertiary/aromatic N) is 4. The minimum absolute atomic E-state index is 0.00382. The van der Waals surface area contributed by atoms with Gasteiger partial charge in [-0.2, -0.15) is 4.31 Å². The molecule has 13 heteroatoms. The highest BCUT2D eigenvalue weighted by Gasteiger charge is 2.38. The van der Waals surface area contributed by atoms with Gasteiger partial charge in [-0.3, -0.25) is 9.59 Å². The van der Waals surface area contributed by atoms with Crippen LogP contribution in [0.15, 0.2) is 53.9 Å². The number of imidazole rings is 1. The molecule has 0 unspecified atom stereocenters. The van der Waals surface area contributed by atoms with Crippen molar-refractivity contribution in [2.24, 2.45) is 18.9 Å². The summed E-state index contributed by atoms with van der Waals surface area (Å²) in [7, 11) is -0.657. The van der Waals surface area contributed by atoms with E-state index >= 15 is 0 Å². The number of sulfonamides is 1. The number of carbonyl (C=O) groups excluding carboxylic acids is 2. The number of ether oxygens (including phenoxy) is 1. The Morgan fingerprint density at radius 3 is 2.43 bits per heavy atom. The Hall–Kier alpha value is -3.52. The van der Waals surface area contributed by atoms with Crippen LogP contribution in [0.3, 0.4) is 0 Å². The first-order valence-electron chi connectivity index (χ1n) is 15.9. The third-order valence-corrected chi connectivity index (χ3v) is 10.9. The summed E-state index contributed by atoms with van der Waals surface area (Å²) in [5, 5.41) is 11.7. The highest BCUT2D eigenvalue weighted by Crippen LogP contribution is 2.32. The number of aryl methyl sites for hydroxylation is 2. The average Bonchev–Trinajstić information content (AvgIpc) is 3.69. The molecule has 3 heterocycles. The van der Waals surface area contributed by atoms with Crippen LogP contribution < -0.4 is 0 Å². The summed E-state index contributed by atoms with van der Waals surface area (Å²) >= 11 is 0. The molecule has 0 aliphatic carbocycles. The lowest BCUT2D eigenvalue weighted by Crippen LogP contribution is -2.46. The summed E-state index contributed by atoms with van der Waals surface area (Å²) in [6.45, 7) is 3.07. The molecule has 1 aromatic heterocycles. The maximum absolute atomic E-state index is 14.2. The normalized spacial score (nSPS) is 20.3. The number of piperidine rings is 1. The second-order valence-electron chi connectivity index (χ2n) is 12.8. The zero-order chi connectivity index (χ0) is 33.9. The summed E-state index contributed by atoms with van der Waals surface area (Å²) in [4.78, 5) is 33.1. The van der Waals surface area contributed by atoms with Crippen molar-refractivity contribution in [3.63, 3.8) is 0 Å². The number of likely N-dealkylation sites (tertiary alicyclic amines) is 1. The number of amides is 1. The molecular formula is C34H42F2N4O6S. The first-order valence-corrected chi connectivity index (χ1v) is 17.4. The molecule has 0 spiro atoms. The zero-order valence-electron chi connectivity index (χ0n) is 26.9. The summed E-state index contributed by atoms with van der Waals surface area (Å²) in [5.41, 5.74) is 1.66. The fourth-order valence-electron chi connectivity index (χ4n) is 6.91. The Labute approximate surface area is 274 Å². The Morgan fingerprint density at radius 2 is 1.74 bits per heavy atom. The molecule has 2 aliphatic heterocycles. The number of Topliss-reactive ketones (excluding diaryl/α,β-unsaturated/α-hetero) is 1. The van der Waals surface area contributed by atoms with Crippen LogP contribution in [0.1, 0.15) is 63.9 Å². The predicted molar refractivity (Wildman–Crippen MR) is 170 cm³/mol. The van der Waals surface area contributed by atoms with Gasteiger partial charge < -0.3 is 19.3 Å². The predicted octanol–water partition coefficient (Wildman–Crippen LogP) is 4.15. The van der Waals surface area contributed by atoms with E-state index < -0.39 is 39.6 Å².